The Morgan fingerprint density at radius 3 is 2.57 bits per heavy atom. The number of aromatic nitrogens is 1. The molecule has 0 saturated carbocycles. The van der Waals surface area contributed by atoms with E-state index in [0.29, 0.717) is 11.1 Å². The maximum atomic E-state index is 12.6. The van der Waals surface area contributed by atoms with E-state index in [1.54, 1.807) is 26.0 Å². The second-order valence-electron chi connectivity index (χ2n) is 5.35. The molecule has 0 bridgehead atoms. The summed E-state index contributed by atoms with van der Waals surface area (Å²) in [7, 11) is -2.57. The van der Waals surface area contributed by atoms with Crippen molar-refractivity contribution in [2.24, 2.45) is 5.92 Å². The lowest BCUT2D eigenvalue weighted by molar-refractivity contribution is -0.140. The van der Waals surface area contributed by atoms with Gasteiger partial charge in [0, 0.05) is 11.6 Å². The first-order chi connectivity index (χ1) is 10.8. The minimum atomic E-state index is -4.05. The van der Waals surface area contributed by atoms with Gasteiger partial charge in [-0.05, 0) is 30.2 Å². The summed E-state index contributed by atoms with van der Waals surface area (Å²) in [6.07, 6.45) is 1.47. The predicted molar refractivity (Wildman–Crippen MR) is 84.9 cm³/mol. The van der Waals surface area contributed by atoms with E-state index >= 15 is 0 Å². The number of carboxylic acid groups (broad SMARTS) is 1. The van der Waals surface area contributed by atoms with Crippen molar-refractivity contribution in [1.29, 1.82) is 0 Å². The van der Waals surface area contributed by atoms with Crippen LogP contribution in [0.1, 0.15) is 13.8 Å². The van der Waals surface area contributed by atoms with Gasteiger partial charge >= 0.3 is 5.97 Å². The second kappa shape index (κ2) is 6.51. The maximum absolute atomic E-state index is 12.6. The molecule has 0 radical (unpaired) electrons. The van der Waals surface area contributed by atoms with E-state index in [1.807, 2.05) is 0 Å². The van der Waals surface area contributed by atoms with Crippen molar-refractivity contribution in [2.45, 2.75) is 24.8 Å². The van der Waals surface area contributed by atoms with E-state index < -0.39 is 28.0 Å². The lowest BCUT2D eigenvalue weighted by Gasteiger charge is -2.18. The highest BCUT2D eigenvalue weighted by atomic mass is 32.2. The fourth-order valence-electron chi connectivity index (χ4n) is 2.22. The molecule has 2 rings (SSSR count). The Morgan fingerprint density at radius 1 is 1.30 bits per heavy atom. The van der Waals surface area contributed by atoms with Crippen LogP contribution in [0.25, 0.3) is 10.9 Å². The topological polar surface area (TPSA) is 106 Å². The van der Waals surface area contributed by atoms with Crippen molar-refractivity contribution in [2.75, 3.05) is 7.11 Å². The number of benzene rings is 1. The molecule has 0 aliphatic carbocycles. The predicted octanol–water partition coefficient (Wildman–Crippen LogP) is 1.63. The maximum Gasteiger partial charge on any atom is 0.322 e. The zero-order chi connectivity index (χ0) is 17.2. The molecule has 0 spiro atoms. The lowest BCUT2D eigenvalue weighted by atomic mass is 10.1. The van der Waals surface area contributed by atoms with Crippen LogP contribution in [0.4, 0.5) is 0 Å². The van der Waals surface area contributed by atoms with Gasteiger partial charge in [0.15, 0.2) is 0 Å². The van der Waals surface area contributed by atoms with Crippen LogP contribution in [0.3, 0.4) is 0 Å². The highest BCUT2D eigenvalue weighted by molar-refractivity contribution is 7.89. The number of nitrogens with one attached hydrogen (secondary N) is 1. The molecular formula is C15H18N2O5S. The van der Waals surface area contributed by atoms with E-state index in [1.165, 1.54) is 25.4 Å². The molecule has 23 heavy (non-hydrogen) atoms. The SMILES string of the molecule is COc1ccc(S(=O)(=O)N[C@H](C(=O)O)C(C)C)c2ncccc12. The number of aliphatic carboxylic acids is 1. The number of nitrogens with zero attached hydrogens (tertiary/aromatic N) is 1. The van der Waals surface area contributed by atoms with E-state index in [9.17, 15) is 18.3 Å². The Morgan fingerprint density at radius 2 is 2.00 bits per heavy atom. The van der Waals surface area contributed by atoms with E-state index in [4.69, 9.17) is 4.74 Å². The van der Waals surface area contributed by atoms with Gasteiger partial charge in [0.05, 0.1) is 12.6 Å². The van der Waals surface area contributed by atoms with Crippen LogP contribution in [-0.4, -0.2) is 37.6 Å². The average Bonchev–Trinajstić information content (AvgIpc) is 2.51. The lowest BCUT2D eigenvalue weighted by Crippen LogP contribution is -2.44. The summed E-state index contributed by atoms with van der Waals surface area (Å²) in [6.45, 7) is 3.26. The molecule has 1 heterocycles. The molecule has 0 aliphatic rings. The molecular weight excluding hydrogens is 320 g/mol. The summed E-state index contributed by atoms with van der Waals surface area (Å²) in [4.78, 5) is 15.3. The quantitative estimate of drug-likeness (QED) is 0.829. The highest BCUT2D eigenvalue weighted by Gasteiger charge is 2.29. The van der Waals surface area contributed by atoms with Crippen molar-refractivity contribution in [3.05, 3.63) is 30.5 Å². The number of rotatable bonds is 6. The third-order valence-corrected chi connectivity index (χ3v) is 4.89. The molecule has 0 fully saturated rings. The molecule has 1 aromatic heterocycles. The van der Waals surface area contributed by atoms with Gasteiger partial charge < -0.3 is 9.84 Å². The normalized spacial score (nSPS) is 13.2. The van der Waals surface area contributed by atoms with E-state index in [-0.39, 0.29) is 10.4 Å². The van der Waals surface area contributed by atoms with Crippen LogP contribution in [0.5, 0.6) is 5.75 Å². The van der Waals surface area contributed by atoms with Gasteiger partial charge in [0.25, 0.3) is 0 Å². The summed E-state index contributed by atoms with van der Waals surface area (Å²) in [6, 6.07) is 5.01. The molecule has 7 nitrogen and oxygen atoms in total. The summed E-state index contributed by atoms with van der Waals surface area (Å²) >= 11 is 0. The largest absolute Gasteiger partial charge is 0.496 e. The van der Waals surface area contributed by atoms with Crippen LogP contribution < -0.4 is 9.46 Å². The van der Waals surface area contributed by atoms with Crippen LogP contribution in [0, 0.1) is 5.92 Å². The number of methoxy groups -OCH3 is 1. The van der Waals surface area contributed by atoms with Gasteiger partial charge in [-0.2, -0.15) is 4.72 Å². The molecule has 2 N–H and O–H groups in total. The molecule has 0 unspecified atom stereocenters. The number of hydrogen-bond donors (Lipinski definition) is 2. The van der Waals surface area contributed by atoms with Crippen LogP contribution >= 0.6 is 0 Å². The zero-order valence-corrected chi connectivity index (χ0v) is 13.8. The highest BCUT2D eigenvalue weighted by Crippen LogP contribution is 2.29. The van der Waals surface area contributed by atoms with E-state index in [2.05, 4.69) is 9.71 Å². The first kappa shape index (κ1) is 17.2. The molecule has 0 aliphatic heterocycles. The number of carboxylic acids is 1. The van der Waals surface area contributed by atoms with Crippen molar-refractivity contribution in [3.63, 3.8) is 0 Å². The van der Waals surface area contributed by atoms with Crippen molar-refractivity contribution >= 4 is 26.9 Å². The summed E-state index contributed by atoms with van der Waals surface area (Å²) in [5.74, 6) is -1.14. The Labute approximate surface area is 134 Å². The minimum absolute atomic E-state index is 0.0826. The van der Waals surface area contributed by atoms with Crippen molar-refractivity contribution < 1.29 is 23.1 Å². The number of sulfonamides is 1. The molecule has 124 valence electrons. The van der Waals surface area contributed by atoms with E-state index in [0.717, 1.165) is 0 Å². The van der Waals surface area contributed by atoms with Gasteiger partial charge in [-0.1, -0.05) is 13.8 Å². The van der Waals surface area contributed by atoms with Gasteiger partial charge in [-0.15, -0.1) is 0 Å². The summed E-state index contributed by atoms with van der Waals surface area (Å²) in [5.41, 5.74) is 0.229. The molecule has 2 aromatic rings. The number of hydrogen-bond acceptors (Lipinski definition) is 5. The fraction of sp³-hybridized carbons (Fsp3) is 0.333. The summed E-state index contributed by atoms with van der Waals surface area (Å²) < 4.78 is 32.7. The first-order valence-corrected chi connectivity index (χ1v) is 8.43. The molecule has 0 saturated heterocycles. The number of carbonyl (C=O) groups is 1. The minimum Gasteiger partial charge on any atom is -0.496 e. The Hall–Kier alpha value is -2.19. The number of pyridine rings is 1. The van der Waals surface area contributed by atoms with Crippen LogP contribution in [0.2, 0.25) is 0 Å². The molecule has 1 atom stereocenters. The number of ether oxygens (including phenoxy) is 1. The third-order valence-electron chi connectivity index (χ3n) is 3.42. The number of fused-ring (bicyclic) bond motifs is 1. The average molecular weight is 338 g/mol. The monoisotopic (exact) mass is 338 g/mol. The van der Waals surface area contributed by atoms with Gasteiger partial charge in [0.1, 0.15) is 16.7 Å². The Kier molecular flexibility index (Phi) is 4.86. The first-order valence-electron chi connectivity index (χ1n) is 6.94. The standard InChI is InChI=1S/C15H18N2O5S/c1-9(2)13(15(18)19)17-23(20,21)12-7-6-11(22-3)10-5-4-8-16-14(10)12/h4-9,13,17H,1-3H3,(H,18,19)/t13-/m0/s1. The van der Waals surface area contributed by atoms with Gasteiger partial charge in [0.2, 0.25) is 10.0 Å². The van der Waals surface area contributed by atoms with Crippen LogP contribution in [0.15, 0.2) is 35.4 Å². The summed E-state index contributed by atoms with van der Waals surface area (Å²) in [5, 5.41) is 9.72. The van der Waals surface area contributed by atoms with Crippen molar-refractivity contribution in [1.82, 2.24) is 9.71 Å². The Balaban J connectivity index is 2.57. The van der Waals surface area contributed by atoms with Crippen LogP contribution in [-0.2, 0) is 14.8 Å². The third kappa shape index (κ3) is 3.43. The molecule has 8 heteroatoms. The van der Waals surface area contributed by atoms with Crippen molar-refractivity contribution in [3.8, 4) is 5.75 Å². The Bertz CT molecular complexity index is 833. The molecule has 0 amide bonds. The second-order valence-corrected chi connectivity index (χ2v) is 7.03. The van der Waals surface area contributed by atoms with Gasteiger partial charge in [-0.3, -0.25) is 9.78 Å². The smallest absolute Gasteiger partial charge is 0.322 e. The molecule has 1 aromatic carbocycles. The fourth-order valence-corrected chi connectivity index (χ4v) is 3.72. The zero-order valence-electron chi connectivity index (χ0n) is 13.0. The van der Waals surface area contributed by atoms with Gasteiger partial charge in [-0.25, -0.2) is 8.42 Å².